The third-order valence-corrected chi connectivity index (χ3v) is 7.34. The van der Waals surface area contributed by atoms with Crippen LogP contribution in [-0.4, -0.2) is 39.6 Å². The van der Waals surface area contributed by atoms with Gasteiger partial charge in [-0.25, -0.2) is 0 Å². The zero-order valence-corrected chi connectivity index (χ0v) is 23.7. The van der Waals surface area contributed by atoms with Crippen LogP contribution >= 0.6 is 0 Å². The van der Waals surface area contributed by atoms with Crippen LogP contribution < -0.4 is 0 Å². The Kier molecular flexibility index (Phi) is 18.3. The molecule has 36 heavy (non-hydrogen) atoms. The highest BCUT2D eigenvalue weighted by molar-refractivity contribution is 5.16. The summed E-state index contributed by atoms with van der Waals surface area (Å²) in [7, 11) is 0. The first-order valence-corrected chi connectivity index (χ1v) is 15.2. The highest BCUT2D eigenvalue weighted by atomic mass is 16.7. The normalized spacial score (nSPS) is 20.1. The molecule has 4 heteroatoms. The topological polar surface area (TPSA) is 36.9 Å². The van der Waals surface area contributed by atoms with Crippen LogP contribution in [0, 0.1) is 5.41 Å². The molecule has 1 aromatic carbocycles. The molecule has 0 N–H and O–H groups in total. The van der Waals surface area contributed by atoms with Gasteiger partial charge in [-0.05, 0) is 25.7 Å². The average Bonchev–Trinajstić information content (AvgIpc) is 2.92. The molecule has 0 spiro atoms. The van der Waals surface area contributed by atoms with Gasteiger partial charge >= 0.3 is 0 Å². The number of hydrogen-bond donors (Lipinski definition) is 0. The zero-order valence-electron chi connectivity index (χ0n) is 23.7. The highest BCUT2D eigenvalue weighted by Gasteiger charge is 2.37. The van der Waals surface area contributed by atoms with Crippen molar-refractivity contribution in [3.8, 4) is 0 Å². The summed E-state index contributed by atoms with van der Waals surface area (Å²) >= 11 is 0. The molecule has 2 rings (SSSR count). The monoisotopic (exact) mass is 504 g/mol. The summed E-state index contributed by atoms with van der Waals surface area (Å²) in [6.45, 7) is 9.36. The molecule has 0 bridgehead atoms. The lowest BCUT2D eigenvalue weighted by Gasteiger charge is -2.40. The molecule has 0 radical (unpaired) electrons. The molecule has 1 heterocycles. The van der Waals surface area contributed by atoms with Gasteiger partial charge < -0.3 is 18.9 Å². The van der Waals surface area contributed by atoms with Crippen LogP contribution in [0.5, 0.6) is 0 Å². The predicted molar refractivity (Wildman–Crippen MR) is 150 cm³/mol. The van der Waals surface area contributed by atoms with Crippen LogP contribution in [0.15, 0.2) is 30.3 Å². The molecule has 1 fully saturated rings. The summed E-state index contributed by atoms with van der Waals surface area (Å²) in [5.41, 5.74) is 1.08. The Morgan fingerprint density at radius 3 is 1.78 bits per heavy atom. The third kappa shape index (κ3) is 14.1. The Labute approximate surface area is 222 Å². The van der Waals surface area contributed by atoms with Crippen molar-refractivity contribution in [3.63, 3.8) is 0 Å². The molecule has 1 saturated heterocycles. The molecule has 1 aliphatic heterocycles. The van der Waals surface area contributed by atoms with Crippen molar-refractivity contribution in [1.82, 2.24) is 0 Å². The van der Waals surface area contributed by atoms with Crippen molar-refractivity contribution < 1.29 is 18.9 Å². The van der Waals surface area contributed by atoms with Crippen molar-refractivity contribution >= 4 is 0 Å². The Hall–Kier alpha value is -0.940. The lowest BCUT2D eigenvalue weighted by atomic mass is 9.84. The molecule has 1 aromatic rings. The molecule has 0 amide bonds. The van der Waals surface area contributed by atoms with E-state index in [9.17, 15) is 0 Å². The Balaban J connectivity index is 1.65. The SMILES string of the molecule is CCCCCCCCCCOCC1(CCCCCCOCCCCC)COC(c2ccccc2)OC1. The van der Waals surface area contributed by atoms with E-state index in [0.29, 0.717) is 13.2 Å². The second kappa shape index (κ2) is 21.0. The van der Waals surface area contributed by atoms with Gasteiger partial charge in [-0.3, -0.25) is 0 Å². The van der Waals surface area contributed by atoms with Gasteiger partial charge in [0.15, 0.2) is 6.29 Å². The van der Waals surface area contributed by atoms with Gasteiger partial charge in [0.2, 0.25) is 0 Å². The second-order valence-corrected chi connectivity index (χ2v) is 10.9. The number of unbranched alkanes of at least 4 members (excludes halogenated alkanes) is 12. The number of benzene rings is 1. The van der Waals surface area contributed by atoms with Gasteiger partial charge in [-0.1, -0.05) is 121 Å². The first kappa shape index (κ1) is 31.3. The molecule has 0 aromatic heterocycles. The molecule has 0 unspecified atom stereocenters. The standard InChI is InChI=1S/C32H56O4/c1-3-5-7-8-9-10-12-20-26-34-27-32(23-17-11-13-19-25-33-24-18-6-4-2)28-35-31(36-29-32)30-21-15-14-16-22-30/h14-16,21-22,31H,3-13,17-20,23-29H2,1-2H3. The predicted octanol–water partition coefficient (Wildman–Crippen LogP) is 9.03. The van der Waals surface area contributed by atoms with Crippen LogP contribution in [-0.2, 0) is 18.9 Å². The molecule has 208 valence electrons. The minimum atomic E-state index is -0.253. The lowest BCUT2D eigenvalue weighted by molar-refractivity contribution is -0.246. The summed E-state index contributed by atoms with van der Waals surface area (Å²) in [4.78, 5) is 0. The highest BCUT2D eigenvalue weighted by Crippen LogP contribution is 2.36. The van der Waals surface area contributed by atoms with E-state index in [-0.39, 0.29) is 11.7 Å². The summed E-state index contributed by atoms with van der Waals surface area (Å²) in [5.74, 6) is 0. The number of rotatable bonds is 23. The van der Waals surface area contributed by atoms with Gasteiger partial charge in [0.1, 0.15) is 0 Å². The molecule has 4 nitrogen and oxygen atoms in total. The van der Waals surface area contributed by atoms with E-state index in [1.54, 1.807) is 0 Å². The van der Waals surface area contributed by atoms with E-state index in [1.807, 2.05) is 18.2 Å². The van der Waals surface area contributed by atoms with Gasteiger partial charge in [0.25, 0.3) is 0 Å². The Morgan fingerprint density at radius 2 is 1.14 bits per heavy atom. The van der Waals surface area contributed by atoms with Crippen molar-refractivity contribution in [2.45, 2.75) is 123 Å². The van der Waals surface area contributed by atoms with Crippen molar-refractivity contribution in [2.75, 3.05) is 39.6 Å². The maximum atomic E-state index is 6.24. The molecule has 0 aliphatic carbocycles. The van der Waals surface area contributed by atoms with E-state index in [0.717, 1.165) is 51.3 Å². The number of hydrogen-bond acceptors (Lipinski definition) is 4. The fourth-order valence-electron chi connectivity index (χ4n) is 4.94. The van der Waals surface area contributed by atoms with E-state index >= 15 is 0 Å². The number of ether oxygens (including phenoxy) is 4. The van der Waals surface area contributed by atoms with Gasteiger partial charge in [0.05, 0.1) is 19.8 Å². The van der Waals surface area contributed by atoms with Gasteiger partial charge in [-0.2, -0.15) is 0 Å². The minimum absolute atomic E-state index is 0.0257. The minimum Gasteiger partial charge on any atom is -0.381 e. The maximum Gasteiger partial charge on any atom is 0.183 e. The van der Waals surface area contributed by atoms with Crippen molar-refractivity contribution in [2.24, 2.45) is 5.41 Å². The van der Waals surface area contributed by atoms with Crippen LogP contribution in [0.2, 0.25) is 0 Å². The first-order valence-electron chi connectivity index (χ1n) is 15.2. The zero-order chi connectivity index (χ0) is 25.6. The van der Waals surface area contributed by atoms with E-state index < -0.39 is 0 Å². The van der Waals surface area contributed by atoms with Gasteiger partial charge in [-0.15, -0.1) is 0 Å². The fourth-order valence-corrected chi connectivity index (χ4v) is 4.94. The van der Waals surface area contributed by atoms with Gasteiger partial charge in [0, 0.05) is 30.8 Å². The van der Waals surface area contributed by atoms with Crippen LogP contribution in [0.1, 0.15) is 128 Å². The Morgan fingerprint density at radius 1 is 0.639 bits per heavy atom. The lowest BCUT2D eigenvalue weighted by Crippen LogP contribution is -2.42. The van der Waals surface area contributed by atoms with E-state index in [2.05, 4.69) is 26.0 Å². The fraction of sp³-hybridized carbons (Fsp3) is 0.812. The molecule has 0 saturated carbocycles. The first-order chi connectivity index (χ1) is 17.8. The van der Waals surface area contributed by atoms with E-state index in [1.165, 1.54) is 83.5 Å². The Bertz CT molecular complexity index is 571. The smallest absolute Gasteiger partial charge is 0.183 e. The molecular weight excluding hydrogens is 448 g/mol. The van der Waals surface area contributed by atoms with E-state index in [4.69, 9.17) is 18.9 Å². The second-order valence-electron chi connectivity index (χ2n) is 10.9. The van der Waals surface area contributed by atoms with Crippen LogP contribution in [0.3, 0.4) is 0 Å². The quantitative estimate of drug-likeness (QED) is 0.139. The third-order valence-electron chi connectivity index (χ3n) is 7.34. The summed E-state index contributed by atoms with van der Waals surface area (Å²) < 4.78 is 24.5. The summed E-state index contributed by atoms with van der Waals surface area (Å²) in [6.07, 6.45) is 20.0. The maximum absolute atomic E-state index is 6.24. The average molecular weight is 505 g/mol. The largest absolute Gasteiger partial charge is 0.381 e. The molecule has 1 aliphatic rings. The van der Waals surface area contributed by atoms with Crippen LogP contribution in [0.4, 0.5) is 0 Å². The molecule has 0 atom stereocenters. The summed E-state index contributed by atoms with van der Waals surface area (Å²) in [5, 5.41) is 0. The van der Waals surface area contributed by atoms with Crippen molar-refractivity contribution in [3.05, 3.63) is 35.9 Å². The molecular formula is C32H56O4. The summed E-state index contributed by atoms with van der Waals surface area (Å²) in [6, 6.07) is 10.3. The van der Waals surface area contributed by atoms with Crippen LogP contribution in [0.25, 0.3) is 0 Å². The van der Waals surface area contributed by atoms with Crippen molar-refractivity contribution in [1.29, 1.82) is 0 Å².